The van der Waals surface area contributed by atoms with Crippen molar-refractivity contribution in [1.29, 1.82) is 0 Å². The first-order chi connectivity index (χ1) is 15.2. The van der Waals surface area contributed by atoms with Crippen molar-refractivity contribution in [1.82, 2.24) is 0 Å². The average Bonchev–Trinajstić information content (AvgIpc) is 2.82. The van der Waals surface area contributed by atoms with Crippen LogP contribution in [0.4, 0.5) is 0 Å². The second-order valence-electron chi connectivity index (χ2n) is 11.1. The van der Waals surface area contributed by atoms with Gasteiger partial charge in [-0.2, -0.15) is 0 Å². The zero-order valence-electron chi connectivity index (χ0n) is 21.0. The van der Waals surface area contributed by atoms with E-state index >= 15 is 0 Å². The maximum Gasteiger partial charge on any atom is -0.00876 e. The summed E-state index contributed by atoms with van der Waals surface area (Å²) in [6.07, 6.45) is 25.4. The molecule has 0 N–H and O–H groups in total. The summed E-state index contributed by atoms with van der Waals surface area (Å²) < 4.78 is 0. The van der Waals surface area contributed by atoms with Crippen LogP contribution in [-0.4, -0.2) is 0 Å². The van der Waals surface area contributed by atoms with E-state index in [2.05, 4.69) is 57.2 Å². The Bertz CT molecular complexity index is 631. The van der Waals surface area contributed by atoms with Gasteiger partial charge in [0.2, 0.25) is 0 Å². The van der Waals surface area contributed by atoms with Gasteiger partial charge in [0.25, 0.3) is 0 Å². The van der Waals surface area contributed by atoms with Gasteiger partial charge in [0.1, 0.15) is 0 Å². The molecule has 0 nitrogen and oxygen atoms in total. The number of unbranched alkanes of at least 4 members (excludes halogenated alkanes) is 5. The number of rotatable bonds is 12. The van der Waals surface area contributed by atoms with Gasteiger partial charge in [0.15, 0.2) is 0 Å². The number of benzene rings is 1. The Morgan fingerprint density at radius 2 is 1.61 bits per heavy atom. The molecular formula is C31H50. The monoisotopic (exact) mass is 422 g/mol. The minimum Gasteiger partial charge on any atom is -0.0845 e. The minimum absolute atomic E-state index is 0.539. The highest BCUT2D eigenvalue weighted by atomic mass is 14.4. The summed E-state index contributed by atoms with van der Waals surface area (Å²) in [5.74, 6) is 2.64. The van der Waals surface area contributed by atoms with Gasteiger partial charge in [-0.1, -0.05) is 108 Å². The van der Waals surface area contributed by atoms with Crippen molar-refractivity contribution < 1.29 is 0 Å². The van der Waals surface area contributed by atoms with E-state index < -0.39 is 0 Å². The first-order valence-corrected chi connectivity index (χ1v) is 13.9. The summed E-state index contributed by atoms with van der Waals surface area (Å²) in [4.78, 5) is 0. The van der Waals surface area contributed by atoms with E-state index in [9.17, 15) is 0 Å². The Hall–Kier alpha value is -1.04. The fourth-order valence-corrected chi connectivity index (χ4v) is 6.52. The molecule has 1 aromatic carbocycles. The molecule has 0 bridgehead atoms. The summed E-state index contributed by atoms with van der Waals surface area (Å²) in [5.41, 5.74) is 4.01. The Balaban J connectivity index is 1.61. The number of allylic oxidation sites excluding steroid dienone is 2. The van der Waals surface area contributed by atoms with Crippen LogP contribution in [0, 0.1) is 17.3 Å². The maximum absolute atomic E-state index is 2.75. The highest BCUT2D eigenvalue weighted by Crippen LogP contribution is 2.53. The molecule has 2 unspecified atom stereocenters. The molecule has 0 saturated heterocycles. The van der Waals surface area contributed by atoms with E-state index in [1.165, 1.54) is 103 Å². The van der Waals surface area contributed by atoms with Crippen LogP contribution in [0.1, 0.15) is 135 Å². The molecule has 0 heterocycles. The molecule has 3 rings (SSSR count). The number of hydrogen-bond donors (Lipinski definition) is 0. The van der Waals surface area contributed by atoms with Crippen molar-refractivity contribution >= 4 is 0 Å². The van der Waals surface area contributed by atoms with E-state index in [-0.39, 0.29) is 0 Å². The van der Waals surface area contributed by atoms with Gasteiger partial charge in [-0.15, -0.1) is 0 Å². The van der Waals surface area contributed by atoms with Crippen LogP contribution in [0.2, 0.25) is 0 Å². The normalized spacial score (nSPS) is 27.6. The highest BCUT2D eigenvalue weighted by Gasteiger charge is 2.39. The Morgan fingerprint density at radius 3 is 2.26 bits per heavy atom. The fraction of sp³-hybridized carbons (Fsp3) is 0.742. The predicted octanol–water partition coefficient (Wildman–Crippen LogP) is 10.2. The van der Waals surface area contributed by atoms with E-state index in [0.717, 1.165) is 17.8 Å². The predicted molar refractivity (Wildman–Crippen MR) is 138 cm³/mol. The SMILES string of the molecule is CCCCCCCC[C@]1(C2=CCC(CC(C)CC)CC2)CC[C@@H](c2ccccc2)CC1. The molecule has 1 fully saturated rings. The van der Waals surface area contributed by atoms with Crippen molar-refractivity contribution in [3.63, 3.8) is 0 Å². The largest absolute Gasteiger partial charge is 0.0845 e. The molecule has 1 saturated carbocycles. The van der Waals surface area contributed by atoms with Crippen molar-refractivity contribution in [2.45, 2.75) is 129 Å². The molecule has 174 valence electrons. The highest BCUT2D eigenvalue weighted by molar-refractivity contribution is 5.24. The van der Waals surface area contributed by atoms with Crippen molar-refractivity contribution in [3.05, 3.63) is 47.5 Å². The molecule has 0 heteroatoms. The molecule has 0 amide bonds. The molecular weight excluding hydrogens is 372 g/mol. The zero-order chi connectivity index (χ0) is 21.9. The smallest absolute Gasteiger partial charge is 0.00876 e. The second kappa shape index (κ2) is 12.9. The Kier molecular flexibility index (Phi) is 10.2. The minimum atomic E-state index is 0.539. The van der Waals surface area contributed by atoms with Crippen LogP contribution >= 0.6 is 0 Å². The van der Waals surface area contributed by atoms with Crippen LogP contribution in [0.5, 0.6) is 0 Å². The lowest BCUT2D eigenvalue weighted by Crippen LogP contribution is -2.31. The molecule has 31 heavy (non-hydrogen) atoms. The first-order valence-electron chi connectivity index (χ1n) is 13.9. The third-order valence-corrected chi connectivity index (χ3v) is 8.86. The maximum atomic E-state index is 2.75. The zero-order valence-corrected chi connectivity index (χ0v) is 21.0. The van der Waals surface area contributed by atoms with Gasteiger partial charge in [-0.05, 0) is 86.5 Å². The van der Waals surface area contributed by atoms with Gasteiger partial charge in [0.05, 0.1) is 0 Å². The lowest BCUT2D eigenvalue weighted by atomic mass is 9.60. The van der Waals surface area contributed by atoms with Crippen LogP contribution in [-0.2, 0) is 0 Å². The molecule has 0 aliphatic heterocycles. The van der Waals surface area contributed by atoms with E-state index in [1.54, 1.807) is 5.56 Å². The van der Waals surface area contributed by atoms with Gasteiger partial charge in [-0.3, -0.25) is 0 Å². The van der Waals surface area contributed by atoms with E-state index in [0.29, 0.717) is 5.41 Å². The van der Waals surface area contributed by atoms with Gasteiger partial charge < -0.3 is 0 Å². The summed E-state index contributed by atoms with van der Waals surface area (Å²) in [7, 11) is 0. The van der Waals surface area contributed by atoms with Gasteiger partial charge in [-0.25, -0.2) is 0 Å². The summed E-state index contributed by atoms with van der Waals surface area (Å²) in [6, 6.07) is 11.4. The quantitative estimate of drug-likeness (QED) is 0.232. The van der Waals surface area contributed by atoms with Gasteiger partial charge in [0, 0.05) is 0 Å². The third-order valence-electron chi connectivity index (χ3n) is 8.86. The van der Waals surface area contributed by atoms with Gasteiger partial charge >= 0.3 is 0 Å². The molecule has 0 spiro atoms. The second-order valence-corrected chi connectivity index (χ2v) is 11.1. The standard InChI is InChI=1S/C31H50/c1-4-6-7-8-9-13-22-31(30-18-16-27(17-19-30)25-26(3)5-2)23-20-29(21-24-31)28-14-11-10-12-15-28/h10-12,14-15,18,26-27,29H,4-9,13,16-17,19-25H2,1-3H3/t26?,27?,29-,31+. The molecule has 0 radical (unpaired) electrons. The lowest BCUT2D eigenvalue weighted by molar-refractivity contribution is 0.184. The van der Waals surface area contributed by atoms with Crippen LogP contribution in [0.3, 0.4) is 0 Å². The summed E-state index contributed by atoms with van der Waals surface area (Å²) in [6.45, 7) is 7.13. The lowest BCUT2D eigenvalue weighted by Gasteiger charge is -2.44. The van der Waals surface area contributed by atoms with E-state index in [1.807, 2.05) is 5.57 Å². The Morgan fingerprint density at radius 1 is 0.903 bits per heavy atom. The summed E-state index contributed by atoms with van der Waals surface area (Å²) in [5, 5.41) is 0. The van der Waals surface area contributed by atoms with Crippen molar-refractivity contribution in [2.24, 2.45) is 17.3 Å². The number of hydrogen-bond acceptors (Lipinski definition) is 0. The Labute approximate surface area is 194 Å². The molecule has 1 aromatic rings. The van der Waals surface area contributed by atoms with E-state index in [4.69, 9.17) is 0 Å². The van der Waals surface area contributed by atoms with Crippen molar-refractivity contribution in [3.8, 4) is 0 Å². The van der Waals surface area contributed by atoms with Crippen LogP contribution < -0.4 is 0 Å². The average molecular weight is 423 g/mol. The van der Waals surface area contributed by atoms with Crippen LogP contribution in [0.15, 0.2) is 42.0 Å². The first kappa shape index (κ1) is 24.6. The molecule has 2 aliphatic rings. The molecule has 2 atom stereocenters. The topological polar surface area (TPSA) is 0 Å². The fourth-order valence-electron chi connectivity index (χ4n) is 6.52. The summed E-state index contributed by atoms with van der Waals surface area (Å²) >= 11 is 0. The van der Waals surface area contributed by atoms with Crippen LogP contribution in [0.25, 0.3) is 0 Å². The molecule has 2 aliphatic carbocycles. The van der Waals surface area contributed by atoms with Crippen molar-refractivity contribution in [2.75, 3.05) is 0 Å². The molecule has 0 aromatic heterocycles. The third kappa shape index (κ3) is 7.23.